The van der Waals surface area contributed by atoms with Crippen LogP contribution in [0.3, 0.4) is 0 Å². The Balaban J connectivity index is 1.88. The zero-order valence-electron chi connectivity index (χ0n) is 10.8. The van der Waals surface area contributed by atoms with Crippen molar-refractivity contribution in [3.05, 3.63) is 45.6 Å². The molecule has 0 radical (unpaired) electrons. The van der Waals surface area contributed by atoms with Gasteiger partial charge >= 0.3 is 5.97 Å². The number of aromatic carboxylic acids is 1. The number of carboxylic acids is 1. The Kier molecular flexibility index (Phi) is 4.78. The number of nitrogens with one attached hydrogen (secondary N) is 1. The number of carbonyl (C=O) groups excluding carboxylic acids is 1. The number of phenolic OH excluding ortho intramolecular Hbond substituents is 1. The second-order valence-electron chi connectivity index (χ2n) is 4.22. The number of carbonyl (C=O) groups is 2. The molecule has 1 aromatic carbocycles. The van der Waals surface area contributed by atoms with Crippen molar-refractivity contribution >= 4 is 34.5 Å². The molecule has 21 heavy (non-hydrogen) atoms. The fourth-order valence-corrected chi connectivity index (χ4v) is 1.98. The van der Waals surface area contributed by atoms with Crippen molar-refractivity contribution in [2.75, 3.05) is 6.54 Å². The quantitative estimate of drug-likeness (QED) is 0.656. The lowest BCUT2D eigenvalue weighted by atomic mass is 10.2. The molecule has 110 valence electrons. The predicted molar refractivity (Wildman–Crippen MR) is 82.3 cm³/mol. The lowest BCUT2D eigenvalue weighted by Gasteiger charge is -2.06. The van der Waals surface area contributed by atoms with Crippen LogP contribution in [0.2, 0.25) is 0 Å². The van der Waals surface area contributed by atoms with Gasteiger partial charge in [0.1, 0.15) is 5.75 Å². The van der Waals surface area contributed by atoms with Gasteiger partial charge in [0.05, 0.1) is 9.90 Å². The van der Waals surface area contributed by atoms with Gasteiger partial charge in [-0.15, -0.1) is 0 Å². The molecule has 0 aliphatic heterocycles. The highest BCUT2D eigenvalue weighted by atomic mass is 127. The highest BCUT2D eigenvalue weighted by molar-refractivity contribution is 14.1. The normalized spacial score (nSPS) is 10.3. The van der Waals surface area contributed by atoms with Gasteiger partial charge in [-0.25, -0.2) is 9.78 Å². The van der Waals surface area contributed by atoms with Crippen LogP contribution in [0.15, 0.2) is 30.7 Å². The minimum atomic E-state index is -1.09. The Hall–Kier alpha value is -2.10. The number of rotatable bonds is 5. The number of halogens is 1. The van der Waals surface area contributed by atoms with Crippen molar-refractivity contribution in [1.29, 1.82) is 0 Å². The van der Waals surface area contributed by atoms with Crippen molar-refractivity contribution in [2.45, 2.75) is 6.54 Å². The summed E-state index contributed by atoms with van der Waals surface area (Å²) in [5.41, 5.74) is 0.327. The minimum Gasteiger partial charge on any atom is -0.507 e. The average molecular weight is 401 g/mol. The molecule has 2 rings (SSSR count). The van der Waals surface area contributed by atoms with E-state index in [9.17, 15) is 14.7 Å². The summed E-state index contributed by atoms with van der Waals surface area (Å²) < 4.78 is 2.25. The summed E-state index contributed by atoms with van der Waals surface area (Å²) in [5.74, 6) is -1.34. The number of hydrogen-bond donors (Lipinski definition) is 3. The van der Waals surface area contributed by atoms with Crippen LogP contribution in [0, 0.1) is 3.57 Å². The number of benzene rings is 1. The standard InChI is InChI=1S/C13H12IN3O4/c14-9-2-1-8(5-11(9)18)12(19)15-3-4-17-6-10(13(20)21)16-7-17/h1-2,5-7,18H,3-4H2,(H,15,19)(H,20,21). The second-order valence-corrected chi connectivity index (χ2v) is 5.39. The molecule has 0 aliphatic rings. The minimum absolute atomic E-state index is 0.0381. The lowest BCUT2D eigenvalue weighted by molar-refractivity contribution is 0.0690. The lowest BCUT2D eigenvalue weighted by Crippen LogP contribution is -2.26. The zero-order chi connectivity index (χ0) is 15.4. The Labute approximate surface area is 133 Å². The van der Waals surface area contributed by atoms with Crippen LogP contribution in [0.5, 0.6) is 5.75 Å². The summed E-state index contributed by atoms with van der Waals surface area (Å²) in [7, 11) is 0. The Morgan fingerprint density at radius 1 is 1.38 bits per heavy atom. The third-order valence-electron chi connectivity index (χ3n) is 2.72. The van der Waals surface area contributed by atoms with Crippen LogP contribution < -0.4 is 5.32 Å². The first-order chi connectivity index (χ1) is 9.97. The van der Waals surface area contributed by atoms with Crippen LogP contribution >= 0.6 is 22.6 Å². The highest BCUT2D eigenvalue weighted by Crippen LogP contribution is 2.20. The summed E-state index contributed by atoms with van der Waals surface area (Å²) in [6, 6.07) is 4.67. The molecular formula is C13H12IN3O4. The molecule has 8 heteroatoms. The monoisotopic (exact) mass is 401 g/mol. The summed E-state index contributed by atoms with van der Waals surface area (Å²) in [6.45, 7) is 0.726. The Morgan fingerprint density at radius 3 is 2.76 bits per heavy atom. The zero-order valence-corrected chi connectivity index (χ0v) is 12.9. The molecule has 1 aromatic heterocycles. The summed E-state index contributed by atoms with van der Waals surface area (Å²) in [5, 5.41) is 21.0. The van der Waals surface area contributed by atoms with Gasteiger partial charge in [-0.2, -0.15) is 0 Å². The summed E-state index contributed by atoms with van der Waals surface area (Å²) in [6.07, 6.45) is 2.79. The molecular weight excluding hydrogens is 389 g/mol. The fraction of sp³-hybridized carbons (Fsp3) is 0.154. The van der Waals surface area contributed by atoms with E-state index >= 15 is 0 Å². The van der Waals surface area contributed by atoms with Crippen LogP contribution in [0.4, 0.5) is 0 Å². The molecule has 0 saturated heterocycles. The van der Waals surface area contributed by atoms with Crippen molar-refractivity contribution in [1.82, 2.24) is 14.9 Å². The molecule has 7 nitrogen and oxygen atoms in total. The van der Waals surface area contributed by atoms with Gasteiger partial charge in [-0.05, 0) is 40.8 Å². The van der Waals surface area contributed by atoms with E-state index in [1.54, 1.807) is 16.7 Å². The molecule has 0 saturated carbocycles. The molecule has 3 N–H and O–H groups in total. The number of carboxylic acid groups (broad SMARTS) is 1. The van der Waals surface area contributed by atoms with Crippen molar-refractivity contribution in [2.24, 2.45) is 0 Å². The van der Waals surface area contributed by atoms with Gasteiger partial charge in [0.2, 0.25) is 0 Å². The molecule has 0 spiro atoms. The van der Waals surface area contributed by atoms with Gasteiger partial charge in [0, 0.05) is 24.8 Å². The largest absolute Gasteiger partial charge is 0.507 e. The fourth-order valence-electron chi connectivity index (χ4n) is 1.65. The molecule has 0 fully saturated rings. The number of nitrogens with zero attached hydrogens (tertiary/aromatic N) is 2. The van der Waals surface area contributed by atoms with E-state index < -0.39 is 5.97 Å². The third kappa shape index (κ3) is 3.94. The van der Waals surface area contributed by atoms with Gasteiger partial charge in [0.25, 0.3) is 5.91 Å². The first-order valence-corrected chi connectivity index (χ1v) is 7.07. The van der Waals surface area contributed by atoms with Crippen LogP contribution in [0.1, 0.15) is 20.8 Å². The molecule has 0 unspecified atom stereocenters. The molecule has 2 aromatic rings. The number of hydrogen-bond acceptors (Lipinski definition) is 4. The summed E-state index contributed by atoms with van der Waals surface area (Å²) in [4.78, 5) is 26.2. The molecule has 0 atom stereocenters. The number of aromatic nitrogens is 2. The summed E-state index contributed by atoms with van der Waals surface area (Å²) >= 11 is 1.97. The molecule has 0 aliphatic carbocycles. The van der Waals surface area contributed by atoms with E-state index in [-0.39, 0.29) is 17.4 Å². The highest BCUT2D eigenvalue weighted by Gasteiger charge is 2.09. The maximum Gasteiger partial charge on any atom is 0.356 e. The molecule has 1 heterocycles. The Bertz CT molecular complexity index is 684. The van der Waals surface area contributed by atoms with E-state index in [1.807, 2.05) is 22.6 Å². The average Bonchev–Trinajstić information content (AvgIpc) is 2.91. The number of aromatic hydroxyl groups is 1. The third-order valence-corrected chi connectivity index (χ3v) is 3.63. The topological polar surface area (TPSA) is 104 Å². The molecule has 0 bridgehead atoms. The Morgan fingerprint density at radius 2 is 2.14 bits per heavy atom. The van der Waals surface area contributed by atoms with Crippen LogP contribution in [-0.2, 0) is 6.54 Å². The first kappa shape index (κ1) is 15.3. The predicted octanol–water partition coefficient (Wildman–Crippen LogP) is 1.32. The van der Waals surface area contributed by atoms with Crippen LogP contribution in [-0.4, -0.2) is 38.2 Å². The van der Waals surface area contributed by atoms with Gasteiger partial charge in [-0.3, -0.25) is 4.79 Å². The van der Waals surface area contributed by atoms with E-state index in [0.717, 1.165) is 0 Å². The maximum absolute atomic E-state index is 11.9. The van der Waals surface area contributed by atoms with E-state index in [1.165, 1.54) is 18.6 Å². The van der Waals surface area contributed by atoms with Gasteiger partial charge < -0.3 is 20.1 Å². The van der Waals surface area contributed by atoms with Gasteiger partial charge in [0.15, 0.2) is 5.69 Å². The van der Waals surface area contributed by atoms with E-state index in [4.69, 9.17) is 5.11 Å². The first-order valence-electron chi connectivity index (χ1n) is 5.99. The number of phenols is 1. The number of amides is 1. The van der Waals surface area contributed by atoms with E-state index in [2.05, 4.69) is 10.3 Å². The van der Waals surface area contributed by atoms with Crippen molar-refractivity contribution in [3.8, 4) is 5.75 Å². The maximum atomic E-state index is 11.9. The smallest absolute Gasteiger partial charge is 0.356 e. The van der Waals surface area contributed by atoms with Gasteiger partial charge in [-0.1, -0.05) is 0 Å². The SMILES string of the molecule is O=C(NCCn1cnc(C(=O)O)c1)c1ccc(I)c(O)c1. The van der Waals surface area contributed by atoms with E-state index in [0.29, 0.717) is 22.2 Å². The van der Waals surface area contributed by atoms with Crippen LogP contribution in [0.25, 0.3) is 0 Å². The molecule has 1 amide bonds. The van der Waals surface area contributed by atoms with Crippen molar-refractivity contribution in [3.63, 3.8) is 0 Å². The van der Waals surface area contributed by atoms with Crippen molar-refractivity contribution < 1.29 is 19.8 Å². The second kappa shape index (κ2) is 6.57. The number of imidazole rings is 1.